The third-order valence-electron chi connectivity index (χ3n) is 18.1. The number of nitro groups is 2. The third kappa shape index (κ3) is 18.6. The van der Waals surface area contributed by atoms with Crippen LogP contribution in [0.4, 0.5) is 69.2 Å². The highest BCUT2D eigenvalue weighted by Crippen LogP contribution is 2.45. The van der Waals surface area contributed by atoms with E-state index in [1.165, 1.54) is 57.9 Å². The van der Waals surface area contributed by atoms with Gasteiger partial charge in [-0.2, -0.15) is 29.9 Å². The predicted octanol–water partition coefficient (Wildman–Crippen LogP) is 10.5. The maximum absolute atomic E-state index is 12.7. The summed E-state index contributed by atoms with van der Waals surface area (Å²) in [5.41, 5.74) is 9.62. The molecule has 4 spiro atoms. The van der Waals surface area contributed by atoms with Gasteiger partial charge in [0.2, 0.25) is 23.0 Å². The topological polar surface area (TPSA) is 381 Å². The quantitative estimate of drug-likeness (QED) is 0.0186. The SMILES string of the molecule is C1NCC12COC2.COc1nc(Cl)ccc1[N+](=O)[O-].COc1nc(N2CC3(COC3)C2)ccc1N.COc1nc(N2CC3(COC3)C2)ccc1Nc1ncc(Cl)c(Nc2ccccc2P(C)(C)=O)n1.COc1nc(N2CC3(COC3)C2)ccc1[N+](=O)[O-].CP(C)(=O)c1ccccc1Nc1nc(Cl)ncc1Cl. The van der Waals surface area contributed by atoms with Gasteiger partial charge in [-0.25, -0.2) is 9.97 Å². The Morgan fingerprint density at radius 2 is 0.877 bits per heavy atom. The third-order valence-corrected chi connectivity index (χ3v) is 22.1. The van der Waals surface area contributed by atoms with Crippen molar-refractivity contribution < 1.29 is 56.9 Å². The fraction of sp³-hybridized carbons (Fsp3) is 0.412. The Balaban J connectivity index is 0.000000135. The van der Waals surface area contributed by atoms with Gasteiger partial charge in [0.15, 0.2) is 11.6 Å². The summed E-state index contributed by atoms with van der Waals surface area (Å²) in [5.74, 6) is 4.56. The summed E-state index contributed by atoms with van der Waals surface area (Å²) in [5, 5.41) is 36.1. The maximum Gasteiger partial charge on any atom is 0.331 e. The molecule has 14 heterocycles. The number of benzene rings is 2. The Labute approximate surface area is 631 Å². The van der Waals surface area contributed by atoms with Crippen LogP contribution in [0.3, 0.4) is 0 Å². The maximum atomic E-state index is 12.7. The number of nitrogen functional groups attached to an aromatic ring is 1. The molecule has 8 aromatic rings. The molecule has 8 aliphatic heterocycles. The summed E-state index contributed by atoms with van der Waals surface area (Å²) >= 11 is 23.6. The van der Waals surface area contributed by atoms with Crippen LogP contribution in [0.2, 0.25) is 20.5 Å². The van der Waals surface area contributed by atoms with Crippen LogP contribution in [0.25, 0.3) is 0 Å². The molecule has 2 aromatic carbocycles. The van der Waals surface area contributed by atoms with Gasteiger partial charge in [0.25, 0.3) is 11.8 Å². The predicted molar refractivity (Wildman–Crippen MR) is 408 cm³/mol. The lowest BCUT2D eigenvalue weighted by Crippen LogP contribution is -2.66. The van der Waals surface area contributed by atoms with Crippen molar-refractivity contribution in [3.8, 4) is 23.5 Å². The number of ether oxygens (including phenoxy) is 8. The van der Waals surface area contributed by atoms with Gasteiger partial charge in [0, 0.05) is 80.5 Å². The smallest absolute Gasteiger partial charge is 0.331 e. The number of hydrogen-bond donors (Lipinski definition) is 5. The van der Waals surface area contributed by atoms with E-state index in [4.69, 9.17) is 85.3 Å². The van der Waals surface area contributed by atoms with Gasteiger partial charge in [-0.1, -0.05) is 59.1 Å². The van der Waals surface area contributed by atoms with E-state index < -0.39 is 24.1 Å². The van der Waals surface area contributed by atoms with Gasteiger partial charge in [-0.3, -0.25) is 20.2 Å². The molecule has 38 heteroatoms. The summed E-state index contributed by atoms with van der Waals surface area (Å²) in [4.78, 5) is 60.0. The Bertz CT molecular complexity index is 4570. The van der Waals surface area contributed by atoms with Crippen LogP contribution in [-0.2, 0) is 28.1 Å². The molecule has 6 N–H and O–H groups in total. The summed E-state index contributed by atoms with van der Waals surface area (Å²) in [6, 6.07) is 28.0. The van der Waals surface area contributed by atoms with Crippen LogP contribution in [0, 0.1) is 41.9 Å². The minimum Gasteiger partial charge on any atom is -0.479 e. The van der Waals surface area contributed by atoms with Gasteiger partial charge >= 0.3 is 11.4 Å². The number of para-hydroxylation sites is 2. The van der Waals surface area contributed by atoms with E-state index in [2.05, 4.69) is 80.6 Å². The minimum atomic E-state index is -2.50. The molecule has 0 aliphatic carbocycles. The molecule has 0 atom stereocenters. The largest absolute Gasteiger partial charge is 0.479 e. The molecule has 0 amide bonds. The van der Waals surface area contributed by atoms with Crippen LogP contribution >= 0.6 is 60.7 Å². The van der Waals surface area contributed by atoms with E-state index in [0.29, 0.717) is 78.4 Å². The lowest BCUT2D eigenvalue weighted by Gasteiger charge is -2.55. The van der Waals surface area contributed by atoms with Gasteiger partial charge in [0.1, 0.15) is 52.6 Å². The van der Waals surface area contributed by atoms with Crippen LogP contribution in [-0.4, -0.2) is 210 Å². The van der Waals surface area contributed by atoms with E-state index >= 15 is 0 Å². The second kappa shape index (κ2) is 33.2. The first-order chi connectivity index (χ1) is 50.6. The zero-order valence-corrected chi connectivity index (χ0v) is 64.0. The summed E-state index contributed by atoms with van der Waals surface area (Å²) < 4.78 is 66.0. The number of rotatable bonds is 17. The van der Waals surface area contributed by atoms with Crippen molar-refractivity contribution >= 4 is 140 Å². The Hall–Kier alpha value is -8.78. The first-order valence-electron chi connectivity index (χ1n) is 33.0. The van der Waals surface area contributed by atoms with E-state index in [1.54, 1.807) is 46.9 Å². The Kier molecular flexibility index (Phi) is 24.5. The second-order valence-electron chi connectivity index (χ2n) is 27.3. The molecule has 0 radical (unpaired) electrons. The van der Waals surface area contributed by atoms with Crippen molar-refractivity contribution in [1.29, 1.82) is 0 Å². The number of nitrogens with one attached hydrogen (secondary N) is 4. The van der Waals surface area contributed by atoms with Gasteiger partial charge in [-0.15, -0.1) is 0 Å². The number of pyridine rings is 4. The summed E-state index contributed by atoms with van der Waals surface area (Å²) in [7, 11) is 0.940. The zero-order valence-electron chi connectivity index (χ0n) is 59.2. The molecular weight excluding hydrogens is 1500 g/mol. The number of nitrogens with zero attached hydrogens (tertiary/aromatic N) is 13. The van der Waals surface area contributed by atoms with Crippen LogP contribution in [0.5, 0.6) is 23.5 Å². The highest BCUT2D eigenvalue weighted by molar-refractivity contribution is 7.70. The lowest BCUT2D eigenvalue weighted by atomic mass is 9.78. The van der Waals surface area contributed by atoms with Crippen molar-refractivity contribution in [2.24, 2.45) is 21.7 Å². The van der Waals surface area contributed by atoms with Crippen molar-refractivity contribution in [3.63, 3.8) is 0 Å². The normalized spacial score (nSPS) is 17.3. The highest BCUT2D eigenvalue weighted by atomic mass is 35.5. The molecule has 8 saturated heterocycles. The van der Waals surface area contributed by atoms with Crippen molar-refractivity contribution in [2.45, 2.75) is 0 Å². The summed E-state index contributed by atoms with van der Waals surface area (Å²) in [6.45, 7) is 22.0. The van der Waals surface area contributed by atoms with Crippen molar-refractivity contribution in [2.75, 3.05) is 197 Å². The molecule has 6 aromatic heterocycles. The van der Waals surface area contributed by atoms with Crippen LogP contribution < -0.4 is 71.3 Å². The zero-order chi connectivity index (χ0) is 75.8. The molecule has 106 heavy (non-hydrogen) atoms. The summed E-state index contributed by atoms with van der Waals surface area (Å²) in [6.07, 6.45) is 2.92. The molecule has 16 rings (SSSR count). The number of aromatic nitrogens is 8. The number of halogens is 4. The lowest BCUT2D eigenvalue weighted by molar-refractivity contribution is -0.386. The monoisotopic (exact) mass is 1570 g/mol. The molecule has 0 saturated carbocycles. The standard InChI is InChI=1S/C23H26ClN6O3P.C12H12Cl2N3OP.C11H13N3O4.C11H15N3O2.C6H5ClN2O3.C5H9NO/c1-32-21-17(8-9-19(28-21)30-11-23(12-30)13-33-14-23)27-22-25-10-15(24)20(29-22)26-16-6-4-5-7-18(16)34(2,3)31;1-19(2,18)10-6-4-3-5-9(10)16-11-8(13)7-15-12(14)17-11;1-17-10-8(14(15)16)2-3-9(12-10)13-4-11(5-13)6-18-7-11;1-15-10-8(12)2-3-9(13-10)14-4-11(5-14)6-16-7-11;1-12-6-4(9(10)11)2-3-5(7)8-6;1-5(2-6-1)3-7-4-5/h4-10H,11-14H2,1-3H3,(H2,25,26,27,29);3-7H,1-2H3,(H,15,16,17);2-3H,4-7H2,1H3;2-3H,4-7,12H2,1H3;2-3H,1H3;6H,1-4H2. The molecule has 32 nitrogen and oxygen atoms in total. The van der Waals surface area contributed by atoms with Gasteiger partial charge in [0.05, 0.1) is 137 Å². The van der Waals surface area contributed by atoms with Crippen LogP contribution in [0.15, 0.2) is 109 Å². The molecule has 8 aliphatic rings. The molecular formula is C68H80Cl4N18O14P2. The van der Waals surface area contributed by atoms with Crippen LogP contribution in [0.1, 0.15) is 0 Å². The first-order valence-corrected chi connectivity index (χ1v) is 39.8. The molecule has 0 unspecified atom stereocenters. The van der Waals surface area contributed by atoms with E-state index in [-0.39, 0.29) is 39.0 Å². The molecule has 0 bridgehead atoms. The average Bonchev–Trinajstić information content (AvgIpc) is 0.752. The van der Waals surface area contributed by atoms with Crippen molar-refractivity contribution in [3.05, 3.63) is 150 Å². The van der Waals surface area contributed by atoms with Gasteiger partial charge in [-0.05, 0) is 98.9 Å². The van der Waals surface area contributed by atoms with Gasteiger partial charge < -0.3 is 88.7 Å². The second-order valence-corrected chi connectivity index (χ2v) is 35.3. The Morgan fingerprint density at radius 3 is 1.28 bits per heavy atom. The Morgan fingerprint density at radius 1 is 0.481 bits per heavy atom. The highest BCUT2D eigenvalue weighted by Gasteiger charge is 2.52. The van der Waals surface area contributed by atoms with E-state index in [1.807, 2.05) is 72.8 Å². The van der Waals surface area contributed by atoms with Crippen molar-refractivity contribution in [1.82, 2.24) is 45.2 Å². The number of nitrogens with two attached hydrogens (primary N) is 1. The average molecular weight is 1580 g/mol. The first kappa shape index (κ1) is 78.3. The van der Waals surface area contributed by atoms with E-state index in [0.717, 1.165) is 120 Å². The minimum absolute atomic E-state index is 0.0586. The number of hydrogen-bond acceptors (Lipinski definition) is 30. The fourth-order valence-corrected chi connectivity index (χ4v) is 15.1. The molecule has 564 valence electrons. The number of methoxy groups -OCH3 is 4. The van der Waals surface area contributed by atoms with E-state index in [9.17, 15) is 29.4 Å². The molecule has 8 fully saturated rings. The number of anilines is 10. The fourth-order valence-electron chi connectivity index (χ4n) is 12.2.